The monoisotopic (exact) mass is 171 g/mol. The molecular formula is C11H6FN. The van der Waals surface area contributed by atoms with Crippen molar-refractivity contribution in [1.82, 2.24) is 4.98 Å². The van der Waals surface area contributed by atoms with Crippen molar-refractivity contribution < 1.29 is 4.39 Å². The van der Waals surface area contributed by atoms with E-state index in [4.69, 9.17) is 6.42 Å². The van der Waals surface area contributed by atoms with E-state index in [1.165, 1.54) is 6.07 Å². The van der Waals surface area contributed by atoms with E-state index in [2.05, 4.69) is 10.9 Å². The predicted molar refractivity (Wildman–Crippen MR) is 49.6 cm³/mol. The van der Waals surface area contributed by atoms with Crippen LogP contribution >= 0.6 is 0 Å². The summed E-state index contributed by atoms with van der Waals surface area (Å²) in [7, 11) is 0. The lowest BCUT2D eigenvalue weighted by molar-refractivity contribution is 0.639. The van der Waals surface area contributed by atoms with Crippen LogP contribution in [0.15, 0.2) is 30.5 Å². The molecule has 0 bridgehead atoms. The Morgan fingerprint density at radius 2 is 2.15 bits per heavy atom. The summed E-state index contributed by atoms with van der Waals surface area (Å²) in [6.07, 6.45) is 6.85. The van der Waals surface area contributed by atoms with E-state index in [-0.39, 0.29) is 5.82 Å². The van der Waals surface area contributed by atoms with Gasteiger partial charge in [0.15, 0.2) is 0 Å². The minimum Gasteiger partial charge on any atom is -0.255 e. The third kappa shape index (κ3) is 1.15. The first kappa shape index (κ1) is 7.75. The molecule has 0 spiro atoms. The van der Waals surface area contributed by atoms with Crippen LogP contribution in [0.3, 0.4) is 0 Å². The van der Waals surface area contributed by atoms with Gasteiger partial charge in [-0.05, 0) is 24.3 Å². The molecule has 1 heterocycles. The molecule has 1 aromatic heterocycles. The topological polar surface area (TPSA) is 12.9 Å². The van der Waals surface area contributed by atoms with Crippen molar-refractivity contribution in [1.29, 1.82) is 0 Å². The molecule has 0 saturated heterocycles. The molecule has 0 atom stereocenters. The van der Waals surface area contributed by atoms with E-state index in [1.807, 2.05) is 0 Å². The summed E-state index contributed by atoms with van der Waals surface area (Å²) in [5.41, 5.74) is 1.17. The van der Waals surface area contributed by atoms with Crippen LogP contribution in [0.2, 0.25) is 0 Å². The van der Waals surface area contributed by atoms with Gasteiger partial charge >= 0.3 is 0 Å². The van der Waals surface area contributed by atoms with Crippen LogP contribution in [0, 0.1) is 18.2 Å². The molecule has 0 aliphatic carbocycles. The van der Waals surface area contributed by atoms with Crippen molar-refractivity contribution in [3.05, 3.63) is 41.8 Å². The van der Waals surface area contributed by atoms with Gasteiger partial charge in [0.25, 0.3) is 0 Å². The fourth-order valence-corrected chi connectivity index (χ4v) is 1.25. The number of terminal acetylenes is 1. The SMILES string of the molecule is C#Cc1ccc(F)c2cccnc12. The molecule has 1 nitrogen and oxygen atoms in total. The second-order valence-electron chi connectivity index (χ2n) is 2.64. The lowest BCUT2D eigenvalue weighted by Crippen LogP contribution is -1.86. The van der Waals surface area contributed by atoms with Crippen LogP contribution in [0.25, 0.3) is 10.9 Å². The number of hydrogen-bond acceptors (Lipinski definition) is 1. The van der Waals surface area contributed by atoms with Crippen molar-refractivity contribution in [3.8, 4) is 12.3 Å². The van der Waals surface area contributed by atoms with Crippen molar-refractivity contribution in [2.75, 3.05) is 0 Å². The van der Waals surface area contributed by atoms with Gasteiger partial charge in [0.1, 0.15) is 5.82 Å². The highest BCUT2D eigenvalue weighted by molar-refractivity contribution is 5.84. The zero-order chi connectivity index (χ0) is 9.26. The smallest absolute Gasteiger partial charge is 0.132 e. The maximum absolute atomic E-state index is 13.2. The number of fused-ring (bicyclic) bond motifs is 1. The van der Waals surface area contributed by atoms with Crippen LogP contribution in [-0.4, -0.2) is 4.98 Å². The second-order valence-corrected chi connectivity index (χ2v) is 2.64. The van der Waals surface area contributed by atoms with Crippen molar-refractivity contribution in [3.63, 3.8) is 0 Å². The van der Waals surface area contributed by atoms with Crippen molar-refractivity contribution in [2.45, 2.75) is 0 Å². The van der Waals surface area contributed by atoms with E-state index in [0.717, 1.165) is 0 Å². The minimum atomic E-state index is -0.290. The molecule has 0 aliphatic rings. The summed E-state index contributed by atoms with van der Waals surface area (Å²) >= 11 is 0. The summed E-state index contributed by atoms with van der Waals surface area (Å²) in [4.78, 5) is 4.03. The number of nitrogens with zero attached hydrogens (tertiary/aromatic N) is 1. The minimum absolute atomic E-state index is 0.290. The first-order valence-corrected chi connectivity index (χ1v) is 3.83. The molecule has 13 heavy (non-hydrogen) atoms. The number of halogens is 1. The lowest BCUT2D eigenvalue weighted by atomic mass is 10.1. The molecular weight excluding hydrogens is 165 g/mol. The number of aromatic nitrogens is 1. The van der Waals surface area contributed by atoms with E-state index in [0.29, 0.717) is 16.5 Å². The van der Waals surface area contributed by atoms with Crippen LogP contribution in [0.4, 0.5) is 4.39 Å². The Kier molecular flexibility index (Phi) is 1.71. The molecule has 2 heteroatoms. The van der Waals surface area contributed by atoms with E-state index in [1.54, 1.807) is 24.4 Å². The Morgan fingerprint density at radius 1 is 1.31 bits per heavy atom. The first-order chi connectivity index (χ1) is 6.33. The zero-order valence-corrected chi connectivity index (χ0v) is 6.79. The van der Waals surface area contributed by atoms with Gasteiger partial charge in [-0.25, -0.2) is 4.39 Å². The van der Waals surface area contributed by atoms with E-state index < -0.39 is 0 Å². The molecule has 2 aromatic rings. The Bertz CT molecular complexity index is 497. The first-order valence-electron chi connectivity index (χ1n) is 3.83. The van der Waals surface area contributed by atoms with Crippen molar-refractivity contribution >= 4 is 10.9 Å². The molecule has 0 saturated carbocycles. The van der Waals surface area contributed by atoms with Gasteiger partial charge < -0.3 is 0 Å². The normalized spacial score (nSPS) is 9.85. The highest BCUT2D eigenvalue weighted by atomic mass is 19.1. The van der Waals surface area contributed by atoms with Crippen LogP contribution in [-0.2, 0) is 0 Å². The Morgan fingerprint density at radius 3 is 2.92 bits per heavy atom. The summed E-state index contributed by atoms with van der Waals surface area (Å²) in [5.74, 6) is 2.18. The maximum Gasteiger partial charge on any atom is 0.132 e. The summed E-state index contributed by atoms with van der Waals surface area (Å²) < 4.78 is 13.2. The Labute approximate surface area is 75.2 Å². The molecule has 2 rings (SSSR count). The van der Waals surface area contributed by atoms with E-state index in [9.17, 15) is 4.39 Å². The fourth-order valence-electron chi connectivity index (χ4n) is 1.25. The molecule has 0 radical (unpaired) electrons. The number of pyridine rings is 1. The Balaban J connectivity index is 2.95. The maximum atomic E-state index is 13.2. The molecule has 0 amide bonds. The number of hydrogen-bond donors (Lipinski definition) is 0. The third-order valence-electron chi connectivity index (χ3n) is 1.87. The quantitative estimate of drug-likeness (QED) is 0.554. The van der Waals surface area contributed by atoms with Gasteiger partial charge in [-0.15, -0.1) is 6.42 Å². The van der Waals surface area contributed by atoms with Gasteiger partial charge in [-0.2, -0.15) is 0 Å². The fraction of sp³-hybridized carbons (Fsp3) is 0. The summed E-state index contributed by atoms with van der Waals surface area (Å²) in [5, 5.41) is 0.470. The average Bonchev–Trinajstić information content (AvgIpc) is 2.19. The largest absolute Gasteiger partial charge is 0.255 e. The lowest BCUT2D eigenvalue weighted by Gasteiger charge is -1.99. The van der Waals surface area contributed by atoms with Crippen molar-refractivity contribution in [2.24, 2.45) is 0 Å². The molecule has 62 valence electrons. The van der Waals surface area contributed by atoms with Crippen LogP contribution < -0.4 is 0 Å². The molecule has 0 unspecified atom stereocenters. The second kappa shape index (κ2) is 2.87. The molecule has 0 N–H and O–H groups in total. The highest BCUT2D eigenvalue weighted by Gasteiger charge is 2.03. The predicted octanol–water partition coefficient (Wildman–Crippen LogP) is 2.36. The highest BCUT2D eigenvalue weighted by Crippen LogP contribution is 2.18. The van der Waals surface area contributed by atoms with Gasteiger partial charge in [-0.1, -0.05) is 5.92 Å². The molecule has 1 aromatic carbocycles. The summed E-state index contributed by atoms with van der Waals surface area (Å²) in [6, 6.07) is 6.27. The van der Waals surface area contributed by atoms with Gasteiger partial charge in [0, 0.05) is 11.6 Å². The zero-order valence-electron chi connectivity index (χ0n) is 6.79. The summed E-state index contributed by atoms with van der Waals surface area (Å²) in [6.45, 7) is 0. The molecule has 0 aliphatic heterocycles. The van der Waals surface area contributed by atoms with Gasteiger partial charge in [0.05, 0.1) is 11.1 Å². The van der Waals surface area contributed by atoms with E-state index >= 15 is 0 Å². The van der Waals surface area contributed by atoms with Gasteiger partial charge in [-0.3, -0.25) is 4.98 Å². The Hall–Kier alpha value is -1.88. The third-order valence-corrected chi connectivity index (χ3v) is 1.87. The molecule has 0 fully saturated rings. The number of benzene rings is 1. The van der Waals surface area contributed by atoms with Crippen LogP contribution in [0.1, 0.15) is 5.56 Å². The number of rotatable bonds is 0. The van der Waals surface area contributed by atoms with Crippen LogP contribution in [0.5, 0.6) is 0 Å². The van der Waals surface area contributed by atoms with Gasteiger partial charge in [0.2, 0.25) is 0 Å². The average molecular weight is 171 g/mol. The standard InChI is InChI=1S/C11H6FN/c1-2-8-5-6-10(12)9-4-3-7-13-11(8)9/h1,3-7H.